The first-order valence-corrected chi connectivity index (χ1v) is 7.55. The van der Waals surface area contributed by atoms with Crippen LogP contribution in [-0.4, -0.2) is 23.6 Å². The lowest BCUT2D eigenvalue weighted by Crippen LogP contribution is -2.36. The number of allylic oxidation sites excluding steroid dienone is 2. The molecule has 2 N–H and O–H groups in total. The zero-order valence-electron chi connectivity index (χ0n) is 12.4. The fraction of sp³-hybridized carbons (Fsp3) is 0.412. The van der Waals surface area contributed by atoms with E-state index in [4.69, 9.17) is 4.74 Å². The van der Waals surface area contributed by atoms with Crippen molar-refractivity contribution in [2.45, 2.75) is 13.3 Å². The molecule has 1 fully saturated rings. The summed E-state index contributed by atoms with van der Waals surface area (Å²) in [5.41, 5.74) is 0.588. The summed E-state index contributed by atoms with van der Waals surface area (Å²) in [5.74, 6) is -1.68. The number of carboxylic acid groups (broad SMARTS) is 1. The molecule has 2 aliphatic carbocycles. The highest BCUT2D eigenvalue weighted by atomic mass is 16.5. The van der Waals surface area contributed by atoms with Crippen LogP contribution in [0.5, 0.6) is 5.75 Å². The number of fused-ring (bicyclic) bond motifs is 2. The van der Waals surface area contributed by atoms with E-state index in [-0.39, 0.29) is 17.7 Å². The lowest BCUT2D eigenvalue weighted by Gasteiger charge is -2.24. The number of carbonyl (C=O) groups is 2. The van der Waals surface area contributed by atoms with Gasteiger partial charge in [0.1, 0.15) is 5.75 Å². The molecular weight excluding hydrogens is 282 g/mol. The quantitative estimate of drug-likeness (QED) is 0.820. The molecule has 4 atom stereocenters. The van der Waals surface area contributed by atoms with Gasteiger partial charge in [0.2, 0.25) is 5.91 Å². The summed E-state index contributed by atoms with van der Waals surface area (Å²) in [5, 5.41) is 12.3. The summed E-state index contributed by atoms with van der Waals surface area (Å²) >= 11 is 0. The Morgan fingerprint density at radius 2 is 1.91 bits per heavy atom. The molecule has 1 aromatic carbocycles. The van der Waals surface area contributed by atoms with Gasteiger partial charge >= 0.3 is 5.97 Å². The van der Waals surface area contributed by atoms with E-state index < -0.39 is 17.8 Å². The number of anilines is 1. The van der Waals surface area contributed by atoms with Gasteiger partial charge in [-0.25, -0.2) is 0 Å². The summed E-state index contributed by atoms with van der Waals surface area (Å²) in [6.45, 7) is 2.38. The normalized spacial score (nSPS) is 28.6. The minimum atomic E-state index is -0.893. The molecule has 0 heterocycles. The van der Waals surface area contributed by atoms with Crippen LogP contribution in [0.1, 0.15) is 13.3 Å². The molecule has 1 aromatic rings. The van der Waals surface area contributed by atoms with E-state index in [1.807, 2.05) is 31.2 Å². The number of carbonyl (C=O) groups excluding carboxylic acids is 1. The monoisotopic (exact) mass is 301 g/mol. The van der Waals surface area contributed by atoms with Crippen LogP contribution in [0.3, 0.4) is 0 Å². The van der Waals surface area contributed by atoms with Gasteiger partial charge in [0.05, 0.1) is 24.1 Å². The predicted molar refractivity (Wildman–Crippen MR) is 81.6 cm³/mol. The third kappa shape index (κ3) is 2.47. The molecule has 22 heavy (non-hydrogen) atoms. The smallest absolute Gasteiger partial charge is 0.307 e. The van der Waals surface area contributed by atoms with Crippen LogP contribution in [0, 0.1) is 23.7 Å². The molecule has 0 radical (unpaired) electrons. The van der Waals surface area contributed by atoms with E-state index in [1.165, 1.54) is 0 Å². The second-order valence-electron chi connectivity index (χ2n) is 5.76. The number of para-hydroxylation sites is 2. The number of benzene rings is 1. The van der Waals surface area contributed by atoms with Crippen molar-refractivity contribution in [2.24, 2.45) is 23.7 Å². The molecule has 5 nitrogen and oxygen atoms in total. The fourth-order valence-corrected chi connectivity index (χ4v) is 3.58. The van der Waals surface area contributed by atoms with Crippen LogP contribution >= 0.6 is 0 Å². The zero-order chi connectivity index (χ0) is 15.7. The minimum Gasteiger partial charge on any atom is -0.492 e. The second-order valence-corrected chi connectivity index (χ2v) is 5.76. The summed E-state index contributed by atoms with van der Waals surface area (Å²) in [6, 6.07) is 7.20. The average molecular weight is 301 g/mol. The summed E-state index contributed by atoms with van der Waals surface area (Å²) < 4.78 is 5.49. The van der Waals surface area contributed by atoms with Crippen molar-refractivity contribution in [1.29, 1.82) is 0 Å². The molecule has 116 valence electrons. The van der Waals surface area contributed by atoms with Gasteiger partial charge in [-0.2, -0.15) is 0 Å². The third-order valence-electron chi connectivity index (χ3n) is 4.49. The first kappa shape index (κ1) is 14.6. The first-order chi connectivity index (χ1) is 10.6. The molecule has 0 spiro atoms. The van der Waals surface area contributed by atoms with Crippen molar-refractivity contribution in [3.05, 3.63) is 36.4 Å². The Kier molecular flexibility index (Phi) is 3.88. The number of carboxylic acids is 1. The van der Waals surface area contributed by atoms with Crippen molar-refractivity contribution < 1.29 is 19.4 Å². The van der Waals surface area contributed by atoms with Gasteiger partial charge < -0.3 is 15.2 Å². The molecule has 1 saturated carbocycles. The number of hydrogen-bond donors (Lipinski definition) is 2. The molecule has 5 heteroatoms. The number of rotatable bonds is 5. The topological polar surface area (TPSA) is 75.6 Å². The summed E-state index contributed by atoms with van der Waals surface area (Å²) in [7, 11) is 0. The van der Waals surface area contributed by atoms with Gasteiger partial charge in [0, 0.05) is 0 Å². The number of nitrogens with one attached hydrogen (secondary N) is 1. The van der Waals surface area contributed by atoms with Crippen LogP contribution in [-0.2, 0) is 9.59 Å². The Morgan fingerprint density at radius 3 is 2.59 bits per heavy atom. The molecule has 2 bridgehead atoms. The first-order valence-electron chi connectivity index (χ1n) is 7.55. The Hall–Kier alpha value is -2.30. The highest BCUT2D eigenvalue weighted by Crippen LogP contribution is 2.48. The van der Waals surface area contributed by atoms with E-state index in [9.17, 15) is 14.7 Å². The van der Waals surface area contributed by atoms with Crippen molar-refractivity contribution >= 4 is 17.6 Å². The van der Waals surface area contributed by atoms with Gasteiger partial charge in [0.15, 0.2) is 0 Å². The van der Waals surface area contributed by atoms with E-state index in [0.29, 0.717) is 18.0 Å². The number of aliphatic carboxylic acids is 1. The number of ether oxygens (including phenoxy) is 1. The standard InChI is InChI=1S/C17H19NO4/c1-2-22-13-6-4-3-5-12(13)18-16(19)14-10-7-8-11(9-10)15(14)17(20)21/h3-8,10-11,14-15H,2,9H2,1H3,(H,18,19)(H,20,21)/t10-,11-,14+,15-/m0/s1. The maximum absolute atomic E-state index is 12.6. The minimum absolute atomic E-state index is 0.0188. The van der Waals surface area contributed by atoms with E-state index in [2.05, 4.69) is 5.32 Å². The van der Waals surface area contributed by atoms with E-state index in [1.54, 1.807) is 12.1 Å². The molecule has 3 rings (SSSR count). The Balaban J connectivity index is 1.80. The molecule has 1 amide bonds. The fourth-order valence-electron chi connectivity index (χ4n) is 3.58. The van der Waals surface area contributed by atoms with Crippen LogP contribution in [0.4, 0.5) is 5.69 Å². The Labute approximate surface area is 129 Å². The maximum atomic E-state index is 12.6. The third-order valence-corrected chi connectivity index (χ3v) is 4.49. The lowest BCUT2D eigenvalue weighted by atomic mass is 9.82. The molecule has 0 aromatic heterocycles. The van der Waals surface area contributed by atoms with Crippen LogP contribution in [0.25, 0.3) is 0 Å². The van der Waals surface area contributed by atoms with Crippen molar-refractivity contribution in [3.8, 4) is 5.75 Å². The zero-order valence-corrected chi connectivity index (χ0v) is 12.4. The maximum Gasteiger partial charge on any atom is 0.307 e. The lowest BCUT2D eigenvalue weighted by molar-refractivity contribution is -0.146. The predicted octanol–water partition coefficient (Wildman–Crippen LogP) is 2.55. The van der Waals surface area contributed by atoms with Crippen molar-refractivity contribution in [1.82, 2.24) is 0 Å². The molecule has 0 saturated heterocycles. The molecule has 2 aliphatic rings. The van der Waals surface area contributed by atoms with Gasteiger partial charge in [-0.3, -0.25) is 9.59 Å². The Bertz CT molecular complexity index is 625. The molecule has 0 aliphatic heterocycles. The Morgan fingerprint density at radius 1 is 1.23 bits per heavy atom. The van der Waals surface area contributed by atoms with E-state index in [0.717, 1.165) is 6.42 Å². The van der Waals surface area contributed by atoms with Crippen molar-refractivity contribution in [2.75, 3.05) is 11.9 Å². The van der Waals surface area contributed by atoms with Crippen LogP contribution in [0.15, 0.2) is 36.4 Å². The number of amides is 1. The SMILES string of the molecule is CCOc1ccccc1NC(=O)[C@H]1[C@@H](C(=O)O)[C@H]2C=C[C@H]1C2. The summed E-state index contributed by atoms with van der Waals surface area (Å²) in [4.78, 5) is 24.1. The highest BCUT2D eigenvalue weighted by Gasteiger charge is 2.51. The largest absolute Gasteiger partial charge is 0.492 e. The number of hydrogen-bond acceptors (Lipinski definition) is 3. The van der Waals surface area contributed by atoms with Crippen molar-refractivity contribution in [3.63, 3.8) is 0 Å². The van der Waals surface area contributed by atoms with Gasteiger partial charge in [-0.05, 0) is 37.3 Å². The van der Waals surface area contributed by atoms with E-state index >= 15 is 0 Å². The second kappa shape index (κ2) is 5.83. The van der Waals surface area contributed by atoms with Gasteiger partial charge in [-0.15, -0.1) is 0 Å². The molecular formula is C17H19NO4. The van der Waals surface area contributed by atoms with Gasteiger partial charge in [0.25, 0.3) is 0 Å². The van der Waals surface area contributed by atoms with Crippen LogP contribution < -0.4 is 10.1 Å². The van der Waals surface area contributed by atoms with Crippen LogP contribution in [0.2, 0.25) is 0 Å². The summed E-state index contributed by atoms with van der Waals surface area (Å²) in [6.07, 6.45) is 4.66. The molecule has 0 unspecified atom stereocenters. The highest BCUT2D eigenvalue weighted by molar-refractivity contribution is 5.97. The van der Waals surface area contributed by atoms with Gasteiger partial charge in [-0.1, -0.05) is 24.3 Å². The average Bonchev–Trinajstić information content (AvgIpc) is 3.10.